The Balaban J connectivity index is 1.22. The van der Waals surface area contributed by atoms with Crippen molar-refractivity contribution in [2.45, 2.75) is 34.9 Å². The molecule has 7 rings (SSSR count). The normalized spacial score (nSPS) is 21.9. The second kappa shape index (κ2) is 7.59. The number of aromatic nitrogens is 4. The third-order valence-corrected chi connectivity index (χ3v) is 7.41. The van der Waals surface area contributed by atoms with E-state index in [1.165, 1.54) is 11.8 Å². The molecule has 0 spiro atoms. The SMILES string of the molecule is O=C1CC(c2ccco2)CC2=Nc3[nH]ncc3C(c3ccc(Sc4nc5ccccc5[nH]4)o3)C12. The number of fused-ring (bicyclic) bond motifs is 3. The van der Waals surface area contributed by atoms with Crippen LogP contribution in [-0.4, -0.2) is 31.7 Å². The number of Topliss-reactive ketones (excluding diaryl/α,β-unsaturated/α-hetero) is 1. The fourth-order valence-corrected chi connectivity index (χ4v) is 5.87. The predicted octanol–water partition coefficient (Wildman–Crippen LogP) is 5.60. The number of hydrogen-bond donors (Lipinski definition) is 2. The van der Waals surface area contributed by atoms with Crippen LogP contribution >= 0.6 is 11.8 Å². The van der Waals surface area contributed by atoms with E-state index in [1.807, 2.05) is 48.5 Å². The smallest absolute Gasteiger partial charge is 0.174 e. The van der Waals surface area contributed by atoms with E-state index >= 15 is 0 Å². The van der Waals surface area contributed by atoms with Gasteiger partial charge in [0.25, 0.3) is 0 Å². The van der Waals surface area contributed by atoms with E-state index in [2.05, 4.69) is 20.2 Å². The number of furan rings is 2. The van der Waals surface area contributed by atoms with Gasteiger partial charge in [-0.1, -0.05) is 12.1 Å². The number of benzene rings is 1. The van der Waals surface area contributed by atoms with Gasteiger partial charge in [0.1, 0.15) is 17.3 Å². The second-order valence-corrected chi connectivity index (χ2v) is 9.63. The molecular weight excluding hydrogens is 450 g/mol. The third kappa shape index (κ3) is 3.15. The molecule has 8 nitrogen and oxygen atoms in total. The fourth-order valence-electron chi connectivity index (χ4n) is 5.10. The van der Waals surface area contributed by atoms with E-state index in [-0.39, 0.29) is 23.5 Å². The second-order valence-electron chi connectivity index (χ2n) is 8.64. The van der Waals surface area contributed by atoms with E-state index in [1.54, 1.807) is 12.5 Å². The molecule has 2 N–H and O–H groups in total. The summed E-state index contributed by atoms with van der Waals surface area (Å²) in [5.74, 6) is 1.74. The highest BCUT2D eigenvalue weighted by Gasteiger charge is 2.46. The summed E-state index contributed by atoms with van der Waals surface area (Å²) >= 11 is 1.43. The van der Waals surface area contributed by atoms with E-state index < -0.39 is 0 Å². The maximum atomic E-state index is 13.4. The average Bonchev–Trinajstić information content (AvgIpc) is 3.64. The Morgan fingerprint density at radius 1 is 1.00 bits per heavy atom. The largest absolute Gasteiger partial charge is 0.469 e. The molecule has 34 heavy (non-hydrogen) atoms. The quantitative estimate of drug-likeness (QED) is 0.354. The lowest BCUT2D eigenvalue weighted by molar-refractivity contribution is -0.122. The average molecular weight is 470 g/mol. The van der Waals surface area contributed by atoms with E-state index in [0.717, 1.165) is 39.0 Å². The Hall–Kier alpha value is -3.85. The van der Waals surface area contributed by atoms with Gasteiger partial charge in [-0.15, -0.1) is 0 Å². The lowest BCUT2D eigenvalue weighted by atomic mass is 9.69. The van der Waals surface area contributed by atoms with Crippen LogP contribution in [0.2, 0.25) is 0 Å². The fraction of sp³-hybridized carbons (Fsp3) is 0.200. The molecule has 9 heteroatoms. The van der Waals surface area contributed by atoms with Crippen LogP contribution in [0.5, 0.6) is 0 Å². The molecule has 0 bridgehead atoms. The summed E-state index contributed by atoms with van der Waals surface area (Å²) in [6.07, 6.45) is 4.48. The van der Waals surface area contributed by atoms with Crippen molar-refractivity contribution in [2.75, 3.05) is 0 Å². The van der Waals surface area contributed by atoms with Crippen LogP contribution in [0.25, 0.3) is 11.0 Å². The van der Waals surface area contributed by atoms with Crippen molar-refractivity contribution >= 4 is 40.1 Å². The number of rotatable bonds is 4. The molecule has 168 valence electrons. The van der Waals surface area contributed by atoms with Crippen molar-refractivity contribution in [1.82, 2.24) is 20.2 Å². The first-order chi connectivity index (χ1) is 16.7. The molecule has 1 aliphatic carbocycles. The van der Waals surface area contributed by atoms with Crippen LogP contribution in [-0.2, 0) is 4.79 Å². The maximum Gasteiger partial charge on any atom is 0.174 e. The predicted molar refractivity (Wildman–Crippen MR) is 126 cm³/mol. The lowest BCUT2D eigenvalue weighted by Crippen LogP contribution is -2.38. The zero-order valence-electron chi connectivity index (χ0n) is 17.9. The van der Waals surface area contributed by atoms with E-state index in [4.69, 9.17) is 13.8 Å². The lowest BCUT2D eigenvalue weighted by Gasteiger charge is -2.35. The Kier molecular flexibility index (Phi) is 4.38. The molecule has 0 saturated heterocycles. The zero-order chi connectivity index (χ0) is 22.6. The maximum absolute atomic E-state index is 13.4. The van der Waals surface area contributed by atoms with Gasteiger partial charge in [-0.2, -0.15) is 5.10 Å². The van der Waals surface area contributed by atoms with Crippen LogP contribution in [0, 0.1) is 5.92 Å². The summed E-state index contributed by atoms with van der Waals surface area (Å²) in [5.41, 5.74) is 3.62. The number of aliphatic imine (C=N–C) groups is 1. The molecule has 5 aromatic rings. The Bertz CT molecular complexity index is 1510. The van der Waals surface area contributed by atoms with Gasteiger partial charge in [-0.05, 0) is 54.6 Å². The molecule has 4 aromatic heterocycles. The molecule has 0 radical (unpaired) electrons. The number of H-pyrrole nitrogens is 2. The first-order valence-corrected chi connectivity index (χ1v) is 11.9. The Labute approximate surface area is 197 Å². The summed E-state index contributed by atoms with van der Waals surface area (Å²) < 4.78 is 11.9. The molecule has 1 aliphatic heterocycles. The van der Waals surface area contributed by atoms with Crippen molar-refractivity contribution < 1.29 is 13.6 Å². The first kappa shape index (κ1) is 19.6. The summed E-state index contributed by atoms with van der Waals surface area (Å²) in [6, 6.07) is 15.6. The highest BCUT2D eigenvalue weighted by molar-refractivity contribution is 7.99. The number of nitrogens with one attached hydrogen (secondary N) is 2. The molecule has 0 amide bonds. The molecule has 1 fully saturated rings. The summed E-state index contributed by atoms with van der Waals surface area (Å²) in [7, 11) is 0. The van der Waals surface area contributed by atoms with Crippen molar-refractivity contribution in [3.05, 3.63) is 78.1 Å². The highest BCUT2D eigenvalue weighted by atomic mass is 32.2. The van der Waals surface area contributed by atoms with Gasteiger partial charge in [-0.25, -0.2) is 9.98 Å². The molecular formula is C25H19N5O3S. The van der Waals surface area contributed by atoms with Gasteiger partial charge >= 0.3 is 0 Å². The number of nitrogens with zero attached hydrogens (tertiary/aromatic N) is 3. The number of ketones is 1. The summed E-state index contributed by atoms with van der Waals surface area (Å²) in [5, 5.41) is 8.65. The minimum Gasteiger partial charge on any atom is -0.469 e. The van der Waals surface area contributed by atoms with Gasteiger partial charge < -0.3 is 13.8 Å². The number of hydrogen-bond acceptors (Lipinski definition) is 7. The topological polar surface area (TPSA) is 113 Å². The molecule has 1 saturated carbocycles. The Morgan fingerprint density at radius 2 is 1.94 bits per heavy atom. The minimum atomic E-state index is -0.369. The van der Waals surface area contributed by atoms with Gasteiger partial charge in [-0.3, -0.25) is 9.89 Å². The van der Waals surface area contributed by atoms with Gasteiger partial charge in [0.2, 0.25) is 0 Å². The number of carbonyl (C=O) groups excluding carboxylic acids is 1. The van der Waals surface area contributed by atoms with Crippen molar-refractivity contribution in [2.24, 2.45) is 10.9 Å². The molecule has 5 heterocycles. The van der Waals surface area contributed by atoms with Crippen molar-refractivity contribution in [3.63, 3.8) is 0 Å². The number of para-hydroxylation sites is 2. The summed E-state index contributed by atoms with van der Waals surface area (Å²) in [4.78, 5) is 26.1. The van der Waals surface area contributed by atoms with Gasteiger partial charge in [0.05, 0.1) is 35.3 Å². The van der Waals surface area contributed by atoms with Crippen LogP contribution < -0.4 is 0 Å². The summed E-state index contributed by atoms with van der Waals surface area (Å²) in [6.45, 7) is 0. The van der Waals surface area contributed by atoms with E-state index in [0.29, 0.717) is 23.8 Å². The molecule has 1 aromatic carbocycles. The first-order valence-electron chi connectivity index (χ1n) is 11.1. The van der Waals surface area contributed by atoms with E-state index in [9.17, 15) is 4.79 Å². The number of carbonyl (C=O) groups is 1. The molecule has 3 unspecified atom stereocenters. The van der Waals surface area contributed by atoms with Gasteiger partial charge in [0, 0.05) is 23.6 Å². The molecule has 2 aliphatic rings. The monoisotopic (exact) mass is 469 g/mol. The van der Waals surface area contributed by atoms with Crippen molar-refractivity contribution in [3.8, 4) is 0 Å². The number of aromatic amines is 2. The van der Waals surface area contributed by atoms with Crippen LogP contribution in [0.4, 0.5) is 5.82 Å². The van der Waals surface area contributed by atoms with Crippen LogP contribution in [0.15, 0.2) is 85.1 Å². The van der Waals surface area contributed by atoms with Crippen molar-refractivity contribution in [1.29, 1.82) is 0 Å². The zero-order valence-corrected chi connectivity index (χ0v) is 18.7. The Morgan fingerprint density at radius 3 is 2.82 bits per heavy atom. The minimum absolute atomic E-state index is 0.00146. The highest BCUT2D eigenvalue weighted by Crippen LogP contribution is 2.48. The van der Waals surface area contributed by atoms with Crippen LogP contribution in [0.1, 0.15) is 41.8 Å². The van der Waals surface area contributed by atoms with Crippen LogP contribution in [0.3, 0.4) is 0 Å². The standard InChI is InChI=1S/C25H19N5O3S/c31-18-11-13(19-6-3-9-32-19)10-17-23(18)22(14-12-26-30-24(14)27-17)20-7-8-21(33-20)34-25-28-15-4-1-2-5-16(15)29-25/h1-9,12-13,22-23H,10-11H2,(H,26,30)(H,28,29). The molecule has 3 atom stereocenters. The number of imidazole rings is 1. The third-order valence-electron chi connectivity index (χ3n) is 6.60. The van der Waals surface area contributed by atoms with Gasteiger partial charge in [0.15, 0.2) is 16.1 Å².